The molecule has 0 spiro atoms. The number of ether oxygens (including phenoxy) is 1. The Morgan fingerprint density at radius 3 is 2.43 bits per heavy atom. The maximum absolute atomic E-state index is 14.4. The third-order valence-corrected chi connectivity index (χ3v) is 4.20. The van der Waals surface area contributed by atoms with Crippen LogP contribution in [0.2, 0.25) is 0 Å². The van der Waals surface area contributed by atoms with Crippen molar-refractivity contribution in [2.24, 2.45) is 0 Å². The SMILES string of the molecule is CCn1c(-c2ccc(C#N)cc2F)nnc1C(C)(C)Oc1ccc(F)cc1F. The van der Waals surface area contributed by atoms with Crippen LogP contribution in [-0.2, 0) is 12.1 Å². The maximum Gasteiger partial charge on any atom is 0.177 e. The van der Waals surface area contributed by atoms with Crippen LogP contribution >= 0.6 is 0 Å². The first-order valence-corrected chi connectivity index (χ1v) is 8.54. The fraction of sp³-hybridized carbons (Fsp3) is 0.250. The van der Waals surface area contributed by atoms with E-state index in [2.05, 4.69) is 10.2 Å². The Morgan fingerprint density at radius 1 is 1.07 bits per heavy atom. The largest absolute Gasteiger partial charge is 0.477 e. The Balaban J connectivity index is 2.02. The number of hydrogen-bond donors (Lipinski definition) is 0. The van der Waals surface area contributed by atoms with Gasteiger partial charge in [-0.1, -0.05) is 0 Å². The molecule has 0 aliphatic carbocycles. The molecule has 1 aromatic heterocycles. The Morgan fingerprint density at radius 2 is 1.82 bits per heavy atom. The van der Waals surface area contributed by atoms with Crippen LogP contribution in [0.25, 0.3) is 11.4 Å². The molecule has 1 heterocycles. The number of rotatable bonds is 5. The van der Waals surface area contributed by atoms with Gasteiger partial charge >= 0.3 is 0 Å². The second-order valence-corrected chi connectivity index (χ2v) is 6.59. The van der Waals surface area contributed by atoms with Gasteiger partial charge in [-0.2, -0.15) is 5.26 Å². The average molecular weight is 386 g/mol. The predicted octanol–water partition coefficient (Wildman–Crippen LogP) is 4.57. The van der Waals surface area contributed by atoms with Crippen molar-refractivity contribution in [2.45, 2.75) is 32.9 Å². The first kappa shape index (κ1) is 19.4. The molecule has 0 saturated carbocycles. The van der Waals surface area contributed by atoms with Gasteiger partial charge in [0.1, 0.15) is 11.6 Å². The van der Waals surface area contributed by atoms with E-state index in [-0.39, 0.29) is 22.7 Å². The summed E-state index contributed by atoms with van der Waals surface area (Å²) in [5.41, 5.74) is -0.758. The van der Waals surface area contributed by atoms with E-state index in [1.54, 1.807) is 18.4 Å². The third kappa shape index (κ3) is 3.56. The monoisotopic (exact) mass is 386 g/mol. The number of nitrogens with zero attached hydrogens (tertiary/aromatic N) is 4. The van der Waals surface area contributed by atoms with Crippen molar-refractivity contribution < 1.29 is 17.9 Å². The summed E-state index contributed by atoms with van der Waals surface area (Å²) >= 11 is 0. The van der Waals surface area contributed by atoms with E-state index in [1.165, 1.54) is 18.2 Å². The van der Waals surface area contributed by atoms with Crippen molar-refractivity contribution in [1.82, 2.24) is 14.8 Å². The second-order valence-electron chi connectivity index (χ2n) is 6.59. The molecule has 0 aliphatic rings. The van der Waals surface area contributed by atoms with Crippen LogP contribution in [0, 0.1) is 28.8 Å². The molecule has 0 atom stereocenters. The zero-order valence-corrected chi connectivity index (χ0v) is 15.5. The molecule has 0 radical (unpaired) electrons. The molecule has 144 valence electrons. The summed E-state index contributed by atoms with van der Waals surface area (Å²) < 4.78 is 48.9. The van der Waals surface area contributed by atoms with Gasteiger partial charge in [0.2, 0.25) is 0 Å². The highest BCUT2D eigenvalue weighted by Crippen LogP contribution is 2.31. The van der Waals surface area contributed by atoms with E-state index in [0.29, 0.717) is 12.4 Å². The first-order valence-electron chi connectivity index (χ1n) is 8.54. The van der Waals surface area contributed by atoms with Crippen LogP contribution in [0.4, 0.5) is 13.2 Å². The first-order chi connectivity index (χ1) is 13.3. The molecule has 2 aromatic carbocycles. The lowest BCUT2D eigenvalue weighted by molar-refractivity contribution is 0.0883. The minimum absolute atomic E-state index is 0.136. The lowest BCUT2D eigenvalue weighted by Crippen LogP contribution is -2.30. The zero-order chi connectivity index (χ0) is 20.5. The quantitative estimate of drug-likeness (QED) is 0.644. The van der Waals surface area contributed by atoms with Crippen molar-refractivity contribution in [3.05, 3.63) is 65.2 Å². The molecule has 0 saturated heterocycles. The van der Waals surface area contributed by atoms with E-state index < -0.39 is 23.1 Å². The van der Waals surface area contributed by atoms with Gasteiger partial charge in [-0.3, -0.25) is 0 Å². The number of aromatic nitrogens is 3. The van der Waals surface area contributed by atoms with Crippen molar-refractivity contribution in [3.8, 4) is 23.2 Å². The normalized spacial score (nSPS) is 11.3. The lowest BCUT2D eigenvalue weighted by atomic mass is 10.1. The highest BCUT2D eigenvalue weighted by atomic mass is 19.1. The average Bonchev–Trinajstić information content (AvgIpc) is 3.08. The van der Waals surface area contributed by atoms with E-state index in [9.17, 15) is 13.2 Å². The number of hydrogen-bond acceptors (Lipinski definition) is 4. The summed E-state index contributed by atoms with van der Waals surface area (Å²) in [4.78, 5) is 0. The molecule has 8 heteroatoms. The predicted molar refractivity (Wildman–Crippen MR) is 95.8 cm³/mol. The smallest absolute Gasteiger partial charge is 0.177 e. The maximum atomic E-state index is 14.4. The molecule has 3 aromatic rings. The summed E-state index contributed by atoms with van der Waals surface area (Å²) in [6.07, 6.45) is 0. The van der Waals surface area contributed by atoms with Crippen LogP contribution in [-0.4, -0.2) is 14.8 Å². The standard InChI is InChI=1S/C20H17F3N4O/c1-4-27-18(14-7-5-12(11-24)9-15(14)22)25-26-19(27)20(2,3)28-17-8-6-13(21)10-16(17)23/h5-10H,4H2,1-3H3. The van der Waals surface area contributed by atoms with Crippen molar-refractivity contribution in [2.75, 3.05) is 0 Å². The Kier molecular flexibility index (Phi) is 5.10. The number of benzene rings is 2. The van der Waals surface area contributed by atoms with Gasteiger partial charge in [0.25, 0.3) is 0 Å². The molecular formula is C20H17F3N4O. The van der Waals surface area contributed by atoms with Crippen molar-refractivity contribution >= 4 is 0 Å². The zero-order valence-electron chi connectivity index (χ0n) is 15.5. The molecule has 0 N–H and O–H groups in total. The molecule has 0 unspecified atom stereocenters. The van der Waals surface area contributed by atoms with Crippen LogP contribution in [0.1, 0.15) is 32.2 Å². The summed E-state index contributed by atoms with van der Waals surface area (Å²) in [5, 5.41) is 17.1. The van der Waals surface area contributed by atoms with Gasteiger partial charge in [-0.15, -0.1) is 10.2 Å². The minimum Gasteiger partial charge on any atom is -0.477 e. The van der Waals surface area contributed by atoms with Crippen LogP contribution in [0.15, 0.2) is 36.4 Å². The summed E-state index contributed by atoms with van der Waals surface area (Å²) in [7, 11) is 0. The molecule has 0 fully saturated rings. The van der Waals surface area contributed by atoms with Crippen LogP contribution < -0.4 is 4.74 Å². The van der Waals surface area contributed by atoms with Crippen molar-refractivity contribution in [1.29, 1.82) is 5.26 Å². The van der Waals surface area contributed by atoms with Gasteiger partial charge < -0.3 is 9.30 Å². The molecule has 0 aliphatic heterocycles. The Bertz CT molecular complexity index is 1070. The van der Waals surface area contributed by atoms with Gasteiger partial charge in [0, 0.05) is 12.6 Å². The molecule has 0 amide bonds. The Hall–Kier alpha value is -3.34. The summed E-state index contributed by atoms with van der Waals surface area (Å²) in [5.74, 6) is -1.68. The van der Waals surface area contributed by atoms with Gasteiger partial charge in [-0.25, -0.2) is 13.2 Å². The summed E-state index contributed by atoms with van der Waals surface area (Å²) in [6.45, 7) is 5.54. The lowest BCUT2D eigenvalue weighted by Gasteiger charge is -2.26. The van der Waals surface area contributed by atoms with Gasteiger partial charge in [-0.05, 0) is 51.1 Å². The summed E-state index contributed by atoms with van der Waals surface area (Å²) in [6, 6.07) is 8.97. The molecular weight excluding hydrogens is 369 g/mol. The van der Waals surface area contributed by atoms with E-state index >= 15 is 0 Å². The highest BCUT2D eigenvalue weighted by Gasteiger charge is 2.32. The fourth-order valence-corrected chi connectivity index (χ4v) is 2.89. The molecule has 28 heavy (non-hydrogen) atoms. The molecule has 0 bridgehead atoms. The van der Waals surface area contributed by atoms with E-state index in [0.717, 1.165) is 18.2 Å². The van der Waals surface area contributed by atoms with Crippen molar-refractivity contribution in [3.63, 3.8) is 0 Å². The second kappa shape index (κ2) is 7.35. The van der Waals surface area contributed by atoms with E-state index in [1.807, 2.05) is 13.0 Å². The van der Waals surface area contributed by atoms with Crippen LogP contribution in [0.5, 0.6) is 5.75 Å². The number of nitriles is 1. The highest BCUT2D eigenvalue weighted by molar-refractivity contribution is 5.58. The van der Waals surface area contributed by atoms with Gasteiger partial charge in [0.05, 0.1) is 17.2 Å². The third-order valence-electron chi connectivity index (χ3n) is 4.20. The van der Waals surface area contributed by atoms with Crippen LogP contribution in [0.3, 0.4) is 0 Å². The van der Waals surface area contributed by atoms with E-state index in [4.69, 9.17) is 10.00 Å². The molecule has 3 rings (SSSR count). The molecule has 5 nitrogen and oxygen atoms in total. The number of halogens is 3. The Labute approximate surface area is 160 Å². The topological polar surface area (TPSA) is 63.7 Å². The minimum atomic E-state index is -1.14. The van der Waals surface area contributed by atoms with Gasteiger partial charge in [0.15, 0.2) is 28.8 Å². The fourth-order valence-electron chi connectivity index (χ4n) is 2.89.